The number of unbranched alkanes of at least 4 members (excludes halogenated alkanes) is 1. The van der Waals surface area contributed by atoms with Crippen LogP contribution >= 0.6 is 0 Å². The topological polar surface area (TPSA) is 122 Å². The molecule has 1 saturated carbocycles. The Morgan fingerprint density at radius 3 is 2.69 bits per heavy atom. The van der Waals surface area contributed by atoms with Crippen molar-refractivity contribution in [3.05, 3.63) is 18.3 Å². The molecular weight excluding hydrogens is 330 g/mol. The van der Waals surface area contributed by atoms with Crippen LogP contribution in [-0.4, -0.2) is 44.0 Å². The molecule has 5 N–H and O–H groups in total. The third-order valence-electron chi connectivity index (χ3n) is 4.60. The Hall–Kier alpha value is -2.48. The second-order valence-corrected chi connectivity index (χ2v) is 6.73. The van der Waals surface area contributed by atoms with E-state index >= 15 is 0 Å². The van der Waals surface area contributed by atoms with Gasteiger partial charge >= 0.3 is 0 Å². The molecule has 0 atom stereocenters. The van der Waals surface area contributed by atoms with Crippen LogP contribution in [0.2, 0.25) is 0 Å². The van der Waals surface area contributed by atoms with Crippen molar-refractivity contribution in [2.45, 2.75) is 57.6 Å². The number of hydrogen-bond acceptors (Lipinski definition) is 8. The number of rotatable bonds is 7. The van der Waals surface area contributed by atoms with Crippen molar-refractivity contribution in [1.29, 1.82) is 0 Å². The largest absolute Gasteiger partial charge is 0.393 e. The fourth-order valence-corrected chi connectivity index (χ4v) is 3.04. The number of anilines is 3. The number of aliphatic hydroxyl groups excluding tert-OH is 1. The number of nitrogens with zero attached hydrogens (tertiary/aromatic N) is 4. The molecule has 0 bridgehead atoms. The van der Waals surface area contributed by atoms with Gasteiger partial charge in [0, 0.05) is 18.8 Å². The molecule has 0 aliphatic heterocycles. The standard InChI is InChI=1S/C18H27N7O/c1-2-3-10-20-18-21-11-14(15-8-9-16(19)25-24-15)17(23-18)22-12-4-6-13(26)7-5-12/h8-9,11-13,26H,2-7,10H2,1H3,(H2,19,25)(H2,20,21,22,23). The molecule has 1 aliphatic carbocycles. The van der Waals surface area contributed by atoms with Gasteiger partial charge in [0.05, 0.1) is 17.4 Å². The summed E-state index contributed by atoms with van der Waals surface area (Å²) >= 11 is 0. The van der Waals surface area contributed by atoms with Crippen molar-refractivity contribution in [1.82, 2.24) is 20.2 Å². The van der Waals surface area contributed by atoms with Crippen molar-refractivity contribution >= 4 is 17.6 Å². The van der Waals surface area contributed by atoms with E-state index in [1.54, 1.807) is 12.3 Å². The Labute approximate surface area is 153 Å². The highest BCUT2D eigenvalue weighted by atomic mass is 16.3. The van der Waals surface area contributed by atoms with Gasteiger partial charge in [0.2, 0.25) is 5.95 Å². The molecule has 2 aromatic heterocycles. The van der Waals surface area contributed by atoms with Gasteiger partial charge in [-0.05, 0) is 44.2 Å². The average Bonchev–Trinajstić information content (AvgIpc) is 2.65. The third kappa shape index (κ3) is 4.78. The van der Waals surface area contributed by atoms with E-state index in [9.17, 15) is 5.11 Å². The molecule has 0 aromatic carbocycles. The molecule has 0 spiro atoms. The van der Waals surface area contributed by atoms with E-state index in [1.165, 1.54) is 0 Å². The predicted molar refractivity (Wildman–Crippen MR) is 103 cm³/mol. The number of nitrogens with one attached hydrogen (secondary N) is 2. The number of nitrogen functional groups attached to an aromatic ring is 1. The van der Waals surface area contributed by atoms with E-state index in [-0.39, 0.29) is 12.1 Å². The molecule has 0 amide bonds. The van der Waals surface area contributed by atoms with Crippen molar-refractivity contribution in [2.75, 3.05) is 22.9 Å². The lowest BCUT2D eigenvalue weighted by molar-refractivity contribution is 0.126. The summed E-state index contributed by atoms with van der Waals surface area (Å²) in [7, 11) is 0. The van der Waals surface area contributed by atoms with Gasteiger partial charge in [-0.1, -0.05) is 13.3 Å². The number of aromatic nitrogens is 4. The Morgan fingerprint density at radius 2 is 2.00 bits per heavy atom. The molecule has 0 radical (unpaired) electrons. The molecule has 2 aromatic rings. The van der Waals surface area contributed by atoms with Gasteiger partial charge in [-0.15, -0.1) is 10.2 Å². The highest BCUT2D eigenvalue weighted by Gasteiger charge is 2.21. The van der Waals surface area contributed by atoms with Gasteiger partial charge < -0.3 is 21.5 Å². The second-order valence-electron chi connectivity index (χ2n) is 6.73. The molecule has 26 heavy (non-hydrogen) atoms. The van der Waals surface area contributed by atoms with Crippen LogP contribution in [-0.2, 0) is 0 Å². The lowest BCUT2D eigenvalue weighted by Gasteiger charge is -2.27. The first kappa shape index (κ1) is 18.3. The molecule has 2 heterocycles. The minimum absolute atomic E-state index is 0.188. The first-order chi connectivity index (χ1) is 12.7. The van der Waals surface area contributed by atoms with Gasteiger partial charge in [0.15, 0.2) is 0 Å². The lowest BCUT2D eigenvalue weighted by atomic mass is 9.93. The van der Waals surface area contributed by atoms with Gasteiger partial charge in [-0.25, -0.2) is 4.98 Å². The predicted octanol–water partition coefficient (Wildman–Crippen LogP) is 2.44. The Kier molecular flexibility index (Phi) is 6.17. The highest BCUT2D eigenvalue weighted by molar-refractivity contribution is 5.72. The SMILES string of the molecule is CCCCNc1ncc(-c2ccc(N)nn2)c(NC2CCC(O)CC2)n1. The minimum Gasteiger partial charge on any atom is -0.393 e. The van der Waals surface area contributed by atoms with E-state index in [1.807, 2.05) is 6.07 Å². The maximum Gasteiger partial charge on any atom is 0.224 e. The molecule has 8 heteroatoms. The molecule has 140 valence electrons. The van der Waals surface area contributed by atoms with E-state index < -0.39 is 0 Å². The third-order valence-corrected chi connectivity index (χ3v) is 4.60. The fourth-order valence-electron chi connectivity index (χ4n) is 3.04. The van der Waals surface area contributed by atoms with Gasteiger partial charge in [0.25, 0.3) is 0 Å². The summed E-state index contributed by atoms with van der Waals surface area (Å²) < 4.78 is 0. The lowest BCUT2D eigenvalue weighted by Crippen LogP contribution is -2.29. The first-order valence-electron chi connectivity index (χ1n) is 9.30. The quantitative estimate of drug-likeness (QED) is 0.557. The molecule has 1 aliphatic rings. The van der Waals surface area contributed by atoms with Crippen LogP contribution in [0.3, 0.4) is 0 Å². The van der Waals surface area contributed by atoms with Crippen LogP contribution in [0.5, 0.6) is 0 Å². The van der Waals surface area contributed by atoms with Crippen LogP contribution in [0, 0.1) is 0 Å². The summed E-state index contributed by atoms with van der Waals surface area (Å²) in [4.78, 5) is 9.08. The Morgan fingerprint density at radius 1 is 1.19 bits per heavy atom. The smallest absolute Gasteiger partial charge is 0.224 e. The molecule has 3 rings (SSSR count). The zero-order valence-electron chi connectivity index (χ0n) is 15.1. The zero-order valence-corrected chi connectivity index (χ0v) is 15.1. The average molecular weight is 357 g/mol. The van der Waals surface area contributed by atoms with Crippen LogP contribution in [0.1, 0.15) is 45.4 Å². The number of hydrogen-bond donors (Lipinski definition) is 4. The first-order valence-corrected chi connectivity index (χ1v) is 9.30. The molecule has 0 saturated heterocycles. The van der Waals surface area contributed by atoms with E-state index in [0.29, 0.717) is 17.5 Å². The monoisotopic (exact) mass is 357 g/mol. The van der Waals surface area contributed by atoms with Crippen LogP contribution in [0.4, 0.5) is 17.6 Å². The highest BCUT2D eigenvalue weighted by Crippen LogP contribution is 2.28. The van der Waals surface area contributed by atoms with E-state index in [2.05, 4.69) is 37.7 Å². The summed E-state index contributed by atoms with van der Waals surface area (Å²) in [6.45, 7) is 2.99. The normalized spacial score (nSPS) is 19.9. The number of nitrogens with two attached hydrogens (primary N) is 1. The number of aliphatic hydroxyl groups is 1. The molecular formula is C18H27N7O. The zero-order chi connectivity index (χ0) is 18.4. The minimum atomic E-state index is -0.188. The molecule has 0 unspecified atom stereocenters. The van der Waals surface area contributed by atoms with Crippen molar-refractivity contribution < 1.29 is 5.11 Å². The Balaban J connectivity index is 1.83. The van der Waals surface area contributed by atoms with Crippen molar-refractivity contribution in [2.24, 2.45) is 0 Å². The second kappa shape index (κ2) is 8.75. The summed E-state index contributed by atoms with van der Waals surface area (Å²) in [5.74, 6) is 1.71. The Bertz CT molecular complexity index is 699. The van der Waals surface area contributed by atoms with Crippen LogP contribution in [0.25, 0.3) is 11.3 Å². The van der Waals surface area contributed by atoms with Crippen LogP contribution in [0.15, 0.2) is 18.3 Å². The van der Waals surface area contributed by atoms with Crippen molar-refractivity contribution in [3.8, 4) is 11.3 Å². The van der Waals surface area contributed by atoms with E-state index in [0.717, 1.165) is 56.5 Å². The van der Waals surface area contributed by atoms with Gasteiger partial charge in [-0.2, -0.15) is 4.98 Å². The van der Waals surface area contributed by atoms with Gasteiger partial charge in [0.1, 0.15) is 11.6 Å². The fraction of sp³-hybridized carbons (Fsp3) is 0.556. The van der Waals surface area contributed by atoms with Gasteiger partial charge in [-0.3, -0.25) is 0 Å². The summed E-state index contributed by atoms with van der Waals surface area (Å²) in [5.41, 5.74) is 7.12. The molecule has 1 fully saturated rings. The maximum absolute atomic E-state index is 9.72. The van der Waals surface area contributed by atoms with E-state index in [4.69, 9.17) is 5.73 Å². The maximum atomic E-state index is 9.72. The molecule has 8 nitrogen and oxygen atoms in total. The summed E-state index contributed by atoms with van der Waals surface area (Å²) in [5, 5.41) is 24.6. The van der Waals surface area contributed by atoms with Crippen molar-refractivity contribution in [3.63, 3.8) is 0 Å². The summed E-state index contributed by atoms with van der Waals surface area (Å²) in [6, 6.07) is 3.81. The summed E-state index contributed by atoms with van der Waals surface area (Å²) in [6.07, 6.45) is 7.20. The van der Waals surface area contributed by atoms with Crippen LogP contribution < -0.4 is 16.4 Å².